The summed E-state index contributed by atoms with van der Waals surface area (Å²) in [4.78, 5) is 4.24. The first-order valence-electron chi connectivity index (χ1n) is 6.61. The molecule has 0 bridgehead atoms. The van der Waals surface area contributed by atoms with Crippen molar-refractivity contribution >= 4 is 5.82 Å². The first kappa shape index (κ1) is 15.9. The van der Waals surface area contributed by atoms with Crippen molar-refractivity contribution in [2.75, 3.05) is 18.5 Å². The Labute approximate surface area is 106 Å². The zero-order valence-electron chi connectivity index (χ0n) is 11.8. The second-order valence-electron chi connectivity index (χ2n) is 3.42. The summed E-state index contributed by atoms with van der Waals surface area (Å²) >= 11 is 0. The predicted molar refractivity (Wildman–Crippen MR) is 74.5 cm³/mol. The number of nitrogens with zero attached hydrogens (tertiary/aromatic N) is 1. The Hall–Kier alpha value is -1.09. The van der Waals surface area contributed by atoms with E-state index in [9.17, 15) is 0 Å². The normalized spacial score (nSPS) is 17.4. The minimum atomic E-state index is 0.439. The van der Waals surface area contributed by atoms with Crippen molar-refractivity contribution in [3.8, 4) is 0 Å². The van der Waals surface area contributed by atoms with Crippen molar-refractivity contribution in [2.45, 2.75) is 47.1 Å². The lowest BCUT2D eigenvalue weighted by Gasteiger charge is -2.10. The Bertz CT molecular complexity index is 283. The first-order chi connectivity index (χ1) is 8.34. The molecule has 1 N–H and O–H groups in total. The van der Waals surface area contributed by atoms with Crippen LogP contribution in [0, 0.1) is 6.92 Å². The summed E-state index contributed by atoms with van der Waals surface area (Å²) in [5, 5.41) is 3.35. The molecule has 1 saturated heterocycles. The molecule has 1 fully saturated rings. The minimum absolute atomic E-state index is 0.439. The third-order valence-corrected chi connectivity index (χ3v) is 2.20. The molecule has 0 spiro atoms. The molecule has 17 heavy (non-hydrogen) atoms. The standard InChI is InChI=1S/C10H14N2O.2C2H6/c1-8-2-4-11-10(6-8)12-9-3-5-13-7-9;2*1-2/h2,4,6,9H,3,5,7H2,1H3,(H,11,12);2*1-2H3. The van der Waals surface area contributed by atoms with Crippen LogP contribution in [0.1, 0.15) is 39.7 Å². The van der Waals surface area contributed by atoms with Gasteiger partial charge in [-0.05, 0) is 31.0 Å². The summed E-state index contributed by atoms with van der Waals surface area (Å²) in [5.74, 6) is 0.954. The van der Waals surface area contributed by atoms with Crippen LogP contribution < -0.4 is 5.32 Å². The SMILES string of the molecule is CC.CC.Cc1ccnc(NC2CCOC2)c1. The van der Waals surface area contributed by atoms with Crippen molar-refractivity contribution in [3.05, 3.63) is 23.9 Å². The van der Waals surface area contributed by atoms with E-state index < -0.39 is 0 Å². The number of pyridine rings is 1. The maximum Gasteiger partial charge on any atom is 0.126 e. The van der Waals surface area contributed by atoms with Gasteiger partial charge in [-0.15, -0.1) is 0 Å². The highest BCUT2D eigenvalue weighted by atomic mass is 16.5. The summed E-state index contributed by atoms with van der Waals surface area (Å²) in [6.45, 7) is 11.7. The van der Waals surface area contributed by atoms with Gasteiger partial charge in [-0.1, -0.05) is 27.7 Å². The van der Waals surface area contributed by atoms with Crippen molar-refractivity contribution < 1.29 is 4.74 Å². The number of ether oxygens (including phenoxy) is 1. The number of hydrogen-bond acceptors (Lipinski definition) is 3. The fraction of sp³-hybridized carbons (Fsp3) is 0.643. The molecule has 1 aromatic rings. The lowest BCUT2D eigenvalue weighted by atomic mass is 10.2. The molecule has 1 aromatic heterocycles. The van der Waals surface area contributed by atoms with E-state index in [4.69, 9.17) is 4.74 Å². The van der Waals surface area contributed by atoms with Gasteiger partial charge in [-0.2, -0.15) is 0 Å². The minimum Gasteiger partial charge on any atom is -0.379 e. The van der Waals surface area contributed by atoms with Crippen LogP contribution in [0.25, 0.3) is 0 Å². The highest BCUT2D eigenvalue weighted by Gasteiger charge is 2.15. The Kier molecular flexibility index (Phi) is 9.44. The Morgan fingerprint density at radius 1 is 1.29 bits per heavy atom. The van der Waals surface area contributed by atoms with Crippen LogP contribution in [0.3, 0.4) is 0 Å². The smallest absolute Gasteiger partial charge is 0.126 e. The maximum atomic E-state index is 5.27. The average Bonchev–Trinajstić information content (AvgIpc) is 2.87. The van der Waals surface area contributed by atoms with Crippen molar-refractivity contribution in [1.29, 1.82) is 0 Å². The zero-order valence-corrected chi connectivity index (χ0v) is 11.8. The fourth-order valence-corrected chi connectivity index (χ4v) is 1.47. The second-order valence-corrected chi connectivity index (χ2v) is 3.42. The molecule has 1 atom stereocenters. The van der Waals surface area contributed by atoms with Gasteiger partial charge >= 0.3 is 0 Å². The van der Waals surface area contributed by atoms with Gasteiger partial charge in [0, 0.05) is 12.8 Å². The van der Waals surface area contributed by atoms with Gasteiger partial charge in [0.25, 0.3) is 0 Å². The molecule has 98 valence electrons. The van der Waals surface area contributed by atoms with E-state index in [2.05, 4.69) is 23.3 Å². The van der Waals surface area contributed by atoms with E-state index in [-0.39, 0.29) is 0 Å². The largest absolute Gasteiger partial charge is 0.379 e. The molecule has 0 aromatic carbocycles. The van der Waals surface area contributed by atoms with E-state index in [0.717, 1.165) is 25.5 Å². The van der Waals surface area contributed by atoms with E-state index in [1.165, 1.54) is 5.56 Å². The topological polar surface area (TPSA) is 34.2 Å². The molecule has 3 nitrogen and oxygen atoms in total. The van der Waals surface area contributed by atoms with Gasteiger partial charge in [0.2, 0.25) is 0 Å². The molecule has 0 aliphatic carbocycles. The number of rotatable bonds is 2. The summed E-state index contributed by atoms with van der Waals surface area (Å²) in [5.41, 5.74) is 1.23. The van der Waals surface area contributed by atoms with Crippen LogP contribution >= 0.6 is 0 Å². The monoisotopic (exact) mass is 238 g/mol. The fourth-order valence-electron chi connectivity index (χ4n) is 1.47. The van der Waals surface area contributed by atoms with Gasteiger partial charge in [-0.3, -0.25) is 0 Å². The molecule has 1 unspecified atom stereocenters. The summed E-state index contributed by atoms with van der Waals surface area (Å²) in [7, 11) is 0. The number of nitrogens with one attached hydrogen (secondary N) is 1. The van der Waals surface area contributed by atoms with Crippen molar-refractivity contribution in [2.24, 2.45) is 0 Å². The van der Waals surface area contributed by atoms with Gasteiger partial charge in [0.05, 0.1) is 12.6 Å². The molecule has 1 aliphatic rings. The quantitative estimate of drug-likeness (QED) is 0.854. The molecular formula is C14H26N2O. The highest BCUT2D eigenvalue weighted by molar-refractivity contribution is 5.38. The predicted octanol–water partition coefficient (Wildman–Crippen LogP) is 3.64. The van der Waals surface area contributed by atoms with Crippen LogP contribution in [-0.2, 0) is 4.74 Å². The number of anilines is 1. The molecule has 2 rings (SSSR count). The Balaban J connectivity index is 0.000000581. The van der Waals surface area contributed by atoms with E-state index in [1.54, 1.807) is 0 Å². The van der Waals surface area contributed by atoms with Gasteiger partial charge in [-0.25, -0.2) is 4.98 Å². The number of hydrogen-bond donors (Lipinski definition) is 1. The molecule has 1 aliphatic heterocycles. The highest BCUT2D eigenvalue weighted by Crippen LogP contribution is 2.12. The van der Waals surface area contributed by atoms with Crippen LogP contribution in [-0.4, -0.2) is 24.2 Å². The maximum absolute atomic E-state index is 5.27. The lowest BCUT2D eigenvalue weighted by Crippen LogP contribution is -2.19. The molecular weight excluding hydrogens is 212 g/mol. The van der Waals surface area contributed by atoms with E-state index in [0.29, 0.717) is 6.04 Å². The van der Waals surface area contributed by atoms with E-state index >= 15 is 0 Å². The summed E-state index contributed by atoms with van der Waals surface area (Å²) < 4.78 is 5.27. The van der Waals surface area contributed by atoms with Crippen LogP contribution in [0.15, 0.2) is 18.3 Å². The van der Waals surface area contributed by atoms with E-state index in [1.807, 2.05) is 40.0 Å². The van der Waals surface area contributed by atoms with Gasteiger partial charge in [0.15, 0.2) is 0 Å². The van der Waals surface area contributed by atoms with Gasteiger partial charge in [0.1, 0.15) is 5.82 Å². The summed E-state index contributed by atoms with van der Waals surface area (Å²) in [6, 6.07) is 4.49. The number of aryl methyl sites for hydroxylation is 1. The average molecular weight is 238 g/mol. The zero-order chi connectivity index (χ0) is 13.1. The van der Waals surface area contributed by atoms with Crippen LogP contribution in [0.4, 0.5) is 5.82 Å². The summed E-state index contributed by atoms with van der Waals surface area (Å²) in [6.07, 6.45) is 2.91. The van der Waals surface area contributed by atoms with Crippen LogP contribution in [0.5, 0.6) is 0 Å². The Morgan fingerprint density at radius 2 is 2.00 bits per heavy atom. The molecule has 0 saturated carbocycles. The third-order valence-electron chi connectivity index (χ3n) is 2.20. The second kappa shape index (κ2) is 10.1. The molecule has 0 amide bonds. The third kappa shape index (κ3) is 6.27. The lowest BCUT2D eigenvalue weighted by molar-refractivity contribution is 0.195. The van der Waals surface area contributed by atoms with Crippen molar-refractivity contribution in [3.63, 3.8) is 0 Å². The molecule has 3 heteroatoms. The molecule has 2 heterocycles. The van der Waals surface area contributed by atoms with Gasteiger partial charge < -0.3 is 10.1 Å². The number of aromatic nitrogens is 1. The van der Waals surface area contributed by atoms with Crippen molar-refractivity contribution in [1.82, 2.24) is 4.98 Å². The van der Waals surface area contributed by atoms with Crippen LogP contribution in [0.2, 0.25) is 0 Å². The first-order valence-corrected chi connectivity index (χ1v) is 6.61. The Morgan fingerprint density at radius 3 is 2.53 bits per heavy atom. The molecule has 0 radical (unpaired) electrons.